The second-order valence-corrected chi connectivity index (χ2v) is 10.4. The molecular weight excluding hydrogens is 379 g/mol. The van der Waals surface area contributed by atoms with Crippen molar-refractivity contribution in [2.75, 3.05) is 0 Å². The highest BCUT2D eigenvalue weighted by atomic mass is 19.1. The molecule has 0 nitrogen and oxygen atoms in total. The van der Waals surface area contributed by atoms with E-state index in [2.05, 4.69) is 37.8 Å². The van der Waals surface area contributed by atoms with E-state index in [1.54, 1.807) is 0 Å². The molecule has 0 saturated heterocycles. The average Bonchev–Trinajstić information content (AvgIpc) is 2.82. The van der Waals surface area contributed by atoms with Crippen LogP contribution in [0, 0.1) is 23.6 Å². The van der Waals surface area contributed by atoms with Gasteiger partial charge in [0.25, 0.3) is 0 Å². The first-order valence-corrected chi connectivity index (χ1v) is 13.0. The highest BCUT2D eigenvalue weighted by Gasteiger charge is 2.26. The van der Waals surface area contributed by atoms with Crippen molar-refractivity contribution in [1.29, 1.82) is 0 Å². The summed E-state index contributed by atoms with van der Waals surface area (Å²) in [7, 11) is 0. The Morgan fingerprint density at radius 2 is 1.52 bits per heavy atom. The first kappa shape index (κ1) is 22.6. The van der Waals surface area contributed by atoms with Gasteiger partial charge in [0.1, 0.15) is 5.82 Å². The zero-order valence-electron chi connectivity index (χ0n) is 19.6. The average molecular weight is 421 g/mol. The van der Waals surface area contributed by atoms with Gasteiger partial charge in [-0.2, -0.15) is 0 Å². The van der Waals surface area contributed by atoms with Gasteiger partial charge in [0.2, 0.25) is 0 Å². The van der Waals surface area contributed by atoms with Gasteiger partial charge in [0.05, 0.1) is 0 Å². The molecule has 0 bridgehead atoms. The molecule has 0 spiro atoms. The maximum atomic E-state index is 15.4. The van der Waals surface area contributed by atoms with Gasteiger partial charge in [-0.3, -0.25) is 0 Å². The Bertz CT molecular complexity index is 850. The monoisotopic (exact) mass is 420 g/mol. The highest BCUT2D eigenvalue weighted by Crippen LogP contribution is 2.41. The van der Waals surface area contributed by atoms with Gasteiger partial charge in [-0.25, -0.2) is 4.39 Å². The fourth-order valence-corrected chi connectivity index (χ4v) is 6.26. The summed E-state index contributed by atoms with van der Waals surface area (Å²) >= 11 is 0. The second-order valence-electron chi connectivity index (χ2n) is 10.4. The zero-order chi connectivity index (χ0) is 21.6. The zero-order valence-corrected chi connectivity index (χ0v) is 19.6. The van der Waals surface area contributed by atoms with E-state index in [0.29, 0.717) is 5.92 Å². The second kappa shape index (κ2) is 10.8. The summed E-state index contributed by atoms with van der Waals surface area (Å²) in [4.78, 5) is 0. The number of allylic oxidation sites excluding steroid dienone is 1. The Kier molecular flexibility index (Phi) is 7.86. The first-order valence-electron chi connectivity index (χ1n) is 13.0. The number of aryl methyl sites for hydroxylation is 1. The van der Waals surface area contributed by atoms with Crippen LogP contribution in [0.2, 0.25) is 0 Å². The van der Waals surface area contributed by atoms with Gasteiger partial charge in [0, 0.05) is 5.39 Å². The van der Waals surface area contributed by atoms with Crippen LogP contribution in [-0.4, -0.2) is 0 Å². The van der Waals surface area contributed by atoms with Crippen molar-refractivity contribution in [1.82, 2.24) is 0 Å². The van der Waals surface area contributed by atoms with Gasteiger partial charge in [-0.1, -0.05) is 88.3 Å². The smallest absolute Gasteiger partial charge is 0.134 e. The molecule has 0 unspecified atom stereocenters. The van der Waals surface area contributed by atoms with Crippen LogP contribution in [-0.2, 0) is 6.42 Å². The molecule has 0 aliphatic heterocycles. The predicted octanol–water partition coefficient (Wildman–Crippen LogP) is 9.37. The molecule has 0 amide bonds. The topological polar surface area (TPSA) is 0 Å². The number of halogens is 1. The first-order chi connectivity index (χ1) is 15.2. The molecule has 0 heterocycles. The normalized spacial score (nSPS) is 26.8. The van der Waals surface area contributed by atoms with Crippen molar-refractivity contribution in [2.45, 2.75) is 96.3 Å². The minimum Gasteiger partial charge on any atom is -0.206 e. The minimum atomic E-state index is 0.0314. The van der Waals surface area contributed by atoms with E-state index in [4.69, 9.17) is 0 Å². The number of fused-ring (bicyclic) bond motifs is 1. The van der Waals surface area contributed by atoms with Crippen molar-refractivity contribution < 1.29 is 4.39 Å². The summed E-state index contributed by atoms with van der Waals surface area (Å²) in [6.45, 7) is 6.15. The van der Waals surface area contributed by atoms with E-state index in [0.717, 1.165) is 59.8 Å². The lowest BCUT2D eigenvalue weighted by molar-refractivity contribution is 0.227. The van der Waals surface area contributed by atoms with Crippen LogP contribution < -0.4 is 0 Å². The van der Waals surface area contributed by atoms with E-state index >= 15 is 4.39 Å². The van der Waals surface area contributed by atoms with Crippen LogP contribution in [0.4, 0.5) is 4.39 Å². The highest BCUT2D eigenvalue weighted by molar-refractivity contribution is 5.84. The lowest BCUT2D eigenvalue weighted by Crippen LogP contribution is -2.18. The third-order valence-corrected chi connectivity index (χ3v) is 8.50. The molecule has 168 valence electrons. The van der Waals surface area contributed by atoms with Crippen LogP contribution in [0.15, 0.2) is 43.0 Å². The summed E-state index contributed by atoms with van der Waals surface area (Å²) in [5.74, 6) is 3.29. The molecule has 0 N–H and O–H groups in total. The quantitative estimate of drug-likeness (QED) is 0.373. The van der Waals surface area contributed by atoms with Crippen LogP contribution in [0.25, 0.3) is 10.8 Å². The third kappa shape index (κ3) is 5.60. The van der Waals surface area contributed by atoms with Crippen LogP contribution in [0.3, 0.4) is 0 Å². The summed E-state index contributed by atoms with van der Waals surface area (Å²) < 4.78 is 15.4. The van der Waals surface area contributed by atoms with Crippen LogP contribution >= 0.6 is 0 Å². The molecule has 2 fully saturated rings. The van der Waals surface area contributed by atoms with Gasteiger partial charge < -0.3 is 0 Å². The van der Waals surface area contributed by atoms with Gasteiger partial charge in [0.15, 0.2) is 0 Å². The third-order valence-electron chi connectivity index (χ3n) is 8.50. The van der Waals surface area contributed by atoms with Crippen LogP contribution in [0.5, 0.6) is 0 Å². The molecule has 0 radical (unpaired) electrons. The largest absolute Gasteiger partial charge is 0.206 e. The molecule has 2 saturated carbocycles. The summed E-state index contributed by atoms with van der Waals surface area (Å²) in [6, 6.07) is 10.4. The van der Waals surface area contributed by atoms with Crippen molar-refractivity contribution in [3.05, 3.63) is 59.9 Å². The summed E-state index contributed by atoms with van der Waals surface area (Å²) in [5.41, 5.74) is 2.23. The van der Waals surface area contributed by atoms with Crippen molar-refractivity contribution in [3.63, 3.8) is 0 Å². The Hall–Kier alpha value is -1.63. The minimum absolute atomic E-state index is 0.0314. The predicted molar refractivity (Wildman–Crippen MR) is 132 cm³/mol. The van der Waals surface area contributed by atoms with E-state index in [-0.39, 0.29) is 5.82 Å². The number of rotatable bonds is 8. The molecule has 4 rings (SSSR count). The van der Waals surface area contributed by atoms with Gasteiger partial charge >= 0.3 is 0 Å². The van der Waals surface area contributed by atoms with Gasteiger partial charge in [-0.05, 0) is 78.7 Å². The fourth-order valence-electron chi connectivity index (χ4n) is 6.26. The Morgan fingerprint density at radius 1 is 0.871 bits per heavy atom. The van der Waals surface area contributed by atoms with Crippen molar-refractivity contribution in [3.8, 4) is 0 Å². The van der Waals surface area contributed by atoms with Crippen molar-refractivity contribution >= 4 is 10.8 Å². The van der Waals surface area contributed by atoms with E-state index in [1.165, 1.54) is 63.4 Å². The molecule has 2 aromatic carbocycles. The maximum absolute atomic E-state index is 15.4. The fraction of sp³-hybridized carbons (Fsp3) is 0.600. The molecule has 31 heavy (non-hydrogen) atoms. The van der Waals surface area contributed by atoms with E-state index in [9.17, 15) is 0 Å². The Morgan fingerprint density at radius 3 is 2.16 bits per heavy atom. The lowest BCUT2D eigenvalue weighted by Gasteiger charge is -2.32. The lowest BCUT2D eigenvalue weighted by atomic mass is 9.74. The summed E-state index contributed by atoms with van der Waals surface area (Å²) in [6.07, 6.45) is 18.8. The molecule has 0 atom stereocenters. The van der Waals surface area contributed by atoms with Crippen molar-refractivity contribution in [2.24, 2.45) is 17.8 Å². The van der Waals surface area contributed by atoms with E-state index < -0.39 is 0 Å². The summed E-state index contributed by atoms with van der Waals surface area (Å²) in [5, 5.41) is 1.83. The molecule has 0 aromatic heterocycles. The molecule has 1 heteroatoms. The molecule has 2 aliphatic rings. The Labute approximate surface area is 189 Å². The van der Waals surface area contributed by atoms with E-state index in [1.807, 2.05) is 12.1 Å². The molecular formula is C30H41F. The maximum Gasteiger partial charge on any atom is 0.134 e. The Balaban J connectivity index is 1.31. The number of benzene rings is 2. The standard InChI is InChI=1S/C30H41F/c1-3-5-6-25-15-19-29-27(21-25)18-20-28(30(29)31)26-16-13-24(14-17-26)12-11-23-9-7-22(4-2)8-10-23/h3,15,18-24,26H,1,4-14,16-17H2,2H3. The van der Waals surface area contributed by atoms with Gasteiger partial charge in [-0.15, -0.1) is 6.58 Å². The van der Waals surface area contributed by atoms with Crippen LogP contribution in [0.1, 0.15) is 101 Å². The molecule has 2 aromatic rings. The molecule has 2 aliphatic carbocycles. The number of hydrogen-bond acceptors (Lipinski definition) is 0. The SMILES string of the molecule is C=CCCc1ccc2c(F)c(C3CCC(CCC4CCC(CC)CC4)CC3)ccc2c1. The number of hydrogen-bond donors (Lipinski definition) is 0.